The Hall–Kier alpha value is -1.32. The van der Waals surface area contributed by atoms with Crippen molar-refractivity contribution in [2.45, 2.75) is 17.8 Å². The second-order valence-electron chi connectivity index (χ2n) is 4.34. The van der Waals surface area contributed by atoms with E-state index in [1.54, 1.807) is 0 Å². The summed E-state index contributed by atoms with van der Waals surface area (Å²) in [6, 6.07) is -0.337. The Morgan fingerprint density at radius 3 is 0.875 bits per heavy atom. The van der Waals surface area contributed by atoms with Gasteiger partial charge >= 0.3 is 17.8 Å². The highest BCUT2D eigenvalue weighted by Gasteiger charge is 2.48. The van der Waals surface area contributed by atoms with Crippen molar-refractivity contribution in [1.29, 1.82) is 0 Å². The Bertz CT molecular complexity index is 612. The van der Waals surface area contributed by atoms with Gasteiger partial charge in [-0.25, -0.2) is 0 Å². The summed E-state index contributed by atoms with van der Waals surface area (Å²) in [6.45, 7) is 0. The van der Waals surface area contributed by atoms with Crippen molar-refractivity contribution in [3.8, 4) is 0 Å². The van der Waals surface area contributed by atoms with E-state index in [1.165, 1.54) is 0 Å². The molecule has 0 amide bonds. The zero-order valence-electron chi connectivity index (χ0n) is 10.9. The first-order chi connectivity index (χ1) is 10.6. The van der Waals surface area contributed by atoms with Crippen LogP contribution in [0.2, 0.25) is 0 Å². The molecular formula is C12H3Cl3F6O3. The third kappa shape index (κ3) is 3.68. The molecule has 0 spiro atoms. The van der Waals surface area contributed by atoms with E-state index in [0.29, 0.717) is 0 Å². The van der Waals surface area contributed by atoms with Gasteiger partial charge in [0.1, 0.15) is 0 Å². The van der Waals surface area contributed by atoms with Gasteiger partial charge in [0.25, 0.3) is 15.7 Å². The first kappa shape index (κ1) is 20.7. The average Bonchev–Trinajstić information content (AvgIpc) is 2.46. The Morgan fingerprint density at radius 2 is 0.750 bits per heavy atom. The molecule has 0 saturated carbocycles. The fourth-order valence-electron chi connectivity index (χ4n) is 1.51. The van der Waals surface area contributed by atoms with E-state index in [1.807, 2.05) is 0 Å². The van der Waals surface area contributed by atoms with Crippen molar-refractivity contribution in [1.82, 2.24) is 0 Å². The van der Waals surface area contributed by atoms with Crippen LogP contribution in [0.5, 0.6) is 0 Å². The summed E-state index contributed by atoms with van der Waals surface area (Å²) in [5.41, 5.74) is -5.11. The molecule has 1 aromatic carbocycles. The monoisotopic (exact) mass is 414 g/mol. The summed E-state index contributed by atoms with van der Waals surface area (Å²) in [5.74, 6) is -14.0. The van der Waals surface area contributed by atoms with Crippen LogP contribution in [-0.2, 0) is 32.2 Å². The summed E-state index contributed by atoms with van der Waals surface area (Å²) in [7, 11) is 0. The summed E-state index contributed by atoms with van der Waals surface area (Å²) in [4.78, 5) is 32.1. The van der Waals surface area contributed by atoms with Gasteiger partial charge < -0.3 is 0 Å². The Balaban J connectivity index is 3.79. The molecule has 0 fully saturated rings. The van der Waals surface area contributed by atoms with E-state index in [9.17, 15) is 40.7 Å². The predicted molar refractivity (Wildman–Crippen MR) is 70.7 cm³/mol. The van der Waals surface area contributed by atoms with Gasteiger partial charge in [0, 0.05) is 16.7 Å². The van der Waals surface area contributed by atoms with Crippen LogP contribution in [0.25, 0.3) is 0 Å². The van der Waals surface area contributed by atoms with Crippen molar-refractivity contribution in [2.24, 2.45) is 0 Å². The lowest BCUT2D eigenvalue weighted by molar-refractivity contribution is -0.136. The number of halogens is 9. The minimum absolute atomic E-state index is 0.112. The third-order valence-corrected chi connectivity index (χ3v) is 3.47. The average molecular weight is 416 g/mol. The number of benzene rings is 1. The second kappa shape index (κ2) is 6.53. The van der Waals surface area contributed by atoms with Crippen molar-refractivity contribution in [3.05, 3.63) is 34.9 Å². The maximum atomic E-state index is 13.6. The number of rotatable bonds is 6. The summed E-state index contributed by atoms with van der Waals surface area (Å²) >= 11 is 13.8. The van der Waals surface area contributed by atoms with E-state index in [2.05, 4.69) is 34.8 Å². The lowest BCUT2D eigenvalue weighted by Crippen LogP contribution is -2.28. The molecule has 3 nitrogen and oxygen atoms in total. The molecule has 0 bridgehead atoms. The van der Waals surface area contributed by atoms with Crippen LogP contribution in [-0.4, -0.2) is 15.7 Å². The standard InChI is InChI=1S/C12H3Cl3F6O3/c13-7(22)10(16,17)4-1-5(11(18,19)8(14)23)3-6(2-4)12(20,21)9(15)24/h1-3H. The smallest absolute Gasteiger partial charge is 0.274 e. The molecule has 0 unspecified atom stereocenters. The van der Waals surface area contributed by atoms with Gasteiger partial charge in [-0.1, -0.05) is 0 Å². The van der Waals surface area contributed by atoms with Gasteiger partial charge in [-0.15, -0.1) is 0 Å². The highest BCUT2D eigenvalue weighted by molar-refractivity contribution is 6.65. The quantitative estimate of drug-likeness (QED) is 0.515. The lowest BCUT2D eigenvalue weighted by atomic mass is 9.96. The Morgan fingerprint density at radius 1 is 0.583 bits per heavy atom. The third-order valence-electron chi connectivity index (χ3n) is 2.76. The normalized spacial score (nSPS) is 12.9. The van der Waals surface area contributed by atoms with Crippen molar-refractivity contribution < 1.29 is 40.7 Å². The molecule has 0 aliphatic heterocycles. The van der Waals surface area contributed by atoms with E-state index in [0.717, 1.165) is 0 Å². The minimum Gasteiger partial charge on any atom is -0.274 e. The number of carbonyl (C=O) groups is 3. The molecule has 24 heavy (non-hydrogen) atoms. The second-order valence-corrected chi connectivity index (χ2v) is 5.37. The number of alkyl halides is 6. The van der Waals surface area contributed by atoms with Crippen molar-refractivity contribution >= 4 is 50.5 Å². The molecule has 0 saturated heterocycles. The highest BCUT2D eigenvalue weighted by atomic mass is 35.5. The molecule has 0 radical (unpaired) electrons. The lowest BCUT2D eigenvalue weighted by Gasteiger charge is -2.20. The van der Waals surface area contributed by atoms with E-state index in [4.69, 9.17) is 0 Å². The Kier molecular flexibility index (Phi) is 5.64. The summed E-state index contributed by atoms with van der Waals surface area (Å²) in [5, 5.41) is -7.11. The first-order valence-electron chi connectivity index (χ1n) is 5.55. The number of hydrogen-bond acceptors (Lipinski definition) is 3. The van der Waals surface area contributed by atoms with Gasteiger partial charge in [0.15, 0.2) is 0 Å². The molecule has 0 N–H and O–H groups in total. The van der Waals surface area contributed by atoms with Crippen LogP contribution in [0.1, 0.15) is 16.7 Å². The zero-order chi connectivity index (χ0) is 19.1. The van der Waals surface area contributed by atoms with Crippen LogP contribution in [0.4, 0.5) is 26.3 Å². The maximum absolute atomic E-state index is 13.6. The van der Waals surface area contributed by atoms with E-state index in [-0.39, 0.29) is 18.2 Å². The fraction of sp³-hybridized carbons (Fsp3) is 0.250. The van der Waals surface area contributed by atoms with E-state index < -0.39 is 50.2 Å². The number of carbonyl (C=O) groups excluding carboxylic acids is 3. The molecule has 1 aromatic rings. The van der Waals surface area contributed by atoms with Crippen LogP contribution >= 0.6 is 34.8 Å². The summed E-state index contributed by atoms with van der Waals surface area (Å²) < 4.78 is 81.7. The van der Waals surface area contributed by atoms with Crippen LogP contribution < -0.4 is 0 Å². The first-order valence-corrected chi connectivity index (χ1v) is 6.68. The molecule has 0 aliphatic carbocycles. The molecule has 0 heterocycles. The van der Waals surface area contributed by atoms with Crippen LogP contribution in [0, 0.1) is 0 Å². The largest absolute Gasteiger partial charge is 0.345 e. The molecule has 0 aromatic heterocycles. The van der Waals surface area contributed by atoms with Gasteiger partial charge in [-0.2, -0.15) is 26.3 Å². The van der Waals surface area contributed by atoms with Crippen molar-refractivity contribution in [2.75, 3.05) is 0 Å². The van der Waals surface area contributed by atoms with Gasteiger partial charge in [-0.05, 0) is 53.0 Å². The van der Waals surface area contributed by atoms with Gasteiger partial charge in [-0.3, -0.25) is 14.4 Å². The molecular weight excluding hydrogens is 412 g/mol. The molecule has 12 heteroatoms. The zero-order valence-corrected chi connectivity index (χ0v) is 13.1. The van der Waals surface area contributed by atoms with Crippen molar-refractivity contribution in [3.63, 3.8) is 0 Å². The number of hydrogen-bond donors (Lipinski definition) is 0. The molecule has 0 atom stereocenters. The van der Waals surface area contributed by atoms with E-state index >= 15 is 0 Å². The SMILES string of the molecule is O=C(Cl)C(F)(F)c1cc(C(F)(F)C(=O)Cl)cc(C(F)(F)C(=O)Cl)c1. The van der Waals surface area contributed by atoms with Gasteiger partial charge in [0.05, 0.1) is 0 Å². The van der Waals surface area contributed by atoms with Crippen LogP contribution in [0.15, 0.2) is 18.2 Å². The predicted octanol–water partition coefficient (Wildman–Crippen LogP) is 4.26. The fourth-order valence-corrected chi connectivity index (χ4v) is 1.84. The topological polar surface area (TPSA) is 51.2 Å². The maximum Gasteiger partial charge on any atom is 0.345 e. The molecule has 0 aliphatic rings. The highest BCUT2D eigenvalue weighted by Crippen LogP contribution is 2.41. The molecule has 1 rings (SSSR count). The molecule has 132 valence electrons. The minimum atomic E-state index is -4.66. The van der Waals surface area contributed by atoms with Gasteiger partial charge in [0.2, 0.25) is 0 Å². The summed E-state index contributed by atoms with van der Waals surface area (Å²) in [6.07, 6.45) is 0. The van der Waals surface area contributed by atoms with Crippen LogP contribution in [0.3, 0.4) is 0 Å². The Labute approximate surface area is 144 Å².